The van der Waals surface area contributed by atoms with Crippen LogP contribution in [0, 0.1) is 0 Å². The van der Waals surface area contributed by atoms with Gasteiger partial charge in [0.1, 0.15) is 11.4 Å². The zero-order valence-electron chi connectivity index (χ0n) is 13.3. The van der Waals surface area contributed by atoms with Crippen LogP contribution in [0.1, 0.15) is 20.8 Å². The van der Waals surface area contributed by atoms with Gasteiger partial charge in [0, 0.05) is 17.8 Å². The molecule has 23 heavy (non-hydrogen) atoms. The number of rotatable bonds is 1. The Morgan fingerprint density at radius 3 is 2.52 bits per heavy atom. The second kappa shape index (κ2) is 5.43. The number of carbonyl (C=O) groups excluding carboxylic acids is 1. The number of pyridine rings is 1. The topological polar surface area (TPSA) is 64.3 Å². The van der Waals surface area contributed by atoms with Crippen molar-refractivity contribution in [3.8, 4) is 17.0 Å². The lowest BCUT2D eigenvalue weighted by Crippen LogP contribution is -2.27. The average molecular weight is 310 g/mol. The van der Waals surface area contributed by atoms with Crippen LogP contribution in [0.25, 0.3) is 22.2 Å². The first-order valence-electron chi connectivity index (χ1n) is 7.33. The summed E-state index contributed by atoms with van der Waals surface area (Å²) < 4.78 is 7.07. The fraction of sp³-hybridized carbons (Fsp3) is 0.222. The molecule has 0 unspecified atom stereocenters. The Balaban J connectivity index is 2.19. The first kappa shape index (κ1) is 15.1. The van der Waals surface area contributed by atoms with E-state index in [2.05, 4.69) is 4.98 Å². The van der Waals surface area contributed by atoms with Crippen molar-refractivity contribution in [1.82, 2.24) is 9.55 Å². The Morgan fingerprint density at radius 1 is 1.17 bits per heavy atom. The minimum Gasteiger partial charge on any atom is -0.508 e. The molecule has 0 bridgehead atoms. The summed E-state index contributed by atoms with van der Waals surface area (Å²) in [6.07, 6.45) is 2.91. The third-order valence-electron chi connectivity index (χ3n) is 3.34. The van der Waals surface area contributed by atoms with Crippen LogP contribution in [0.15, 0.2) is 48.8 Å². The van der Waals surface area contributed by atoms with E-state index in [1.807, 2.05) is 26.8 Å². The van der Waals surface area contributed by atoms with Crippen LogP contribution in [0.3, 0.4) is 0 Å². The monoisotopic (exact) mass is 310 g/mol. The summed E-state index contributed by atoms with van der Waals surface area (Å²) in [6.45, 7) is 5.50. The van der Waals surface area contributed by atoms with Gasteiger partial charge in [-0.25, -0.2) is 9.36 Å². The maximum Gasteiger partial charge on any atom is 0.419 e. The lowest BCUT2D eigenvalue weighted by molar-refractivity contribution is 0.0547. The molecule has 0 aliphatic heterocycles. The van der Waals surface area contributed by atoms with E-state index in [0.717, 1.165) is 16.5 Å². The summed E-state index contributed by atoms with van der Waals surface area (Å²) in [7, 11) is 0. The molecule has 118 valence electrons. The third-order valence-corrected chi connectivity index (χ3v) is 3.34. The van der Waals surface area contributed by atoms with Crippen LogP contribution in [0.5, 0.6) is 5.75 Å². The standard InChI is InChI=1S/C18H18N2O3/c1-18(2,3)23-17(22)20-15-8-9-19-11-13(15)10-16(20)12-4-6-14(21)7-5-12/h4-11,21H,1-3H3. The molecule has 0 aliphatic rings. The number of aromatic hydroxyl groups is 1. The van der Waals surface area contributed by atoms with Gasteiger partial charge in [-0.05, 0) is 62.7 Å². The summed E-state index contributed by atoms with van der Waals surface area (Å²) in [5.41, 5.74) is 1.65. The molecular formula is C18H18N2O3. The van der Waals surface area contributed by atoms with Gasteiger partial charge in [0.05, 0.1) is 11.2 Å². The molecule has 3 rings (SSSR count). The number of carbonyl (C=O) groups is 1. The largest absolute Gasteiger partial charge is 0.508 e. The molecule has 2 heterocycles. The number of benzene rings is 1. The van der Waals surface area contributed by atoms with E-state index in [4.69, 9.17) is 4.74 Å². The highest BCUT2D eigenvalue weighted by molar-refractivity contribution is 5.95. The highest BCUT2D eigenvalue weighted by Crippen LogP contribution is 2.29. The average Bonchev–Trinajstić information content (AvgIpc) is 2.85. The summed E-state index contributed by atoms with van der Waals surface area (Å²) in [5.74, 6) is 0.176. The van der Waals surface area contributed by atoms with Crippen LogP contribution in [0.2, 0.25) is 0 Å². The Kier molecular flexibility index (Phi) is 3.56. The van der Waals surface area contributed by atoms with Crippen LogP contribution in [-0.2, 0) is 4.74 Å². The number of hydrogen-bond acceptors (Lipinski definition) is 4. The first-order valence-corrected chi connectivity index (χ1v) is 7.33. The van der Waals surface area contributed by atoms with E-state index < -0.39 is 11.7 Å². The summed E-state index contributed by atoms with van der Waals surface area (Å²) in [5, 5.41) is 10.3. The van der Waals surface area contributed by atoms with Crippen molar-refractivity contribution in [2.24, 2.45) is 0 Å². The molecule has 2 aromatic heterocycles. The fourth-order valence-electron chi connectivity index (χ4n) is 2.40. The van der Waals surface area contributed by atoms with Gasteiger partial charge in [-0.1, -0.05) is 0 Å². The Hall–Kier alpha value is -2.82. The van der Waals surface area contributed by atoms with Crippen molar-refractivity contribution in [1.29, 1.82) is 0 Å². The molecule has 1 N–H and O–H groups in total. The Morgan fingerprint density at radius 2 is 1.87 bits per heavy atom. The minimum absolute atomic E-state index is 0.176. The fourth-order valence-corrected chi connectivity index (χ4v) is 2.40. The maximum atomic E-state index is 12.7. The van der Waals surface area contributed by atoms with E-state index in [1.165, 1.54) is 4.57 Å². The SMILES string of the molecule is CC(C)(C)OC(=O)n1c(-c2ccc(O)cc2)cc2cnccc21. The van der Waals surface area contributed by atoms with Gasteiger partial charge < -0.3 is 9.84 Å². The van der Waals surface area contributed by atoms with Gasteiger partial charge in [0.25, 0.3) is 0 Å². The van der Waals surface area contributed by atoms with E-state index in [9.17, 15) is 9.90 Å². The minimum atomic E-state index is -0.590. The Labute approximate surface area is 134 Å². The molecular weight excluding hydrogens is 292 g/mol. The van der Waals surface area contributed by atoms with Crippen molar-refractivity contribution in [2.45, 2.75) is 26.4 Å². The van der Waals surface area contributed by atoms with Crippen LogP contribution >= 0.6 is 0 Å². The van der Waals surface area contributed by atoms with Gasteiger partial charge in [-0.3, -0.25) is 4.98 Å². The van der Waals surface area contributed by atoms with Crippen LogP contribution in [0.4, 0.5) is 4.79 Å². The van der Waals surface area contributed by atoms with Crippen molar-refractivity contribution in [3.63, 3.8) is 0 Å². The van der Waals surface area contributed by atoms with Gasteiger partial charge >= 0.3 is 6.09 Å². The molecule has 5 nitrogen and oxygen atoms in total. The zero-order chi connectivity index (χ0) is 16.6. The molecule has 0 fully saturated rings. The van der Waals surface area contributed by atoms with Crippen LogP contribution < -0.4 is 0 Å². The number of ether oxygens (including phenoxy) is 1. The predicted octanol–water partition coefficient (Wildman–Crippen LogP) is 4.19. The van der Waals surface area contributed by atoms with Crippen molar-refractivity contribution in [3.05, 3.63) is 48.8 Å². The quantitative estimate of drug-likeness (QED) is 0.732. The van der Waals surface area contributed by atoms with Crippen molar-refractivity contribution < 1.29 is 14.6 Å². The van der Waals surface area contributed by atoms with Gasteiger partial charge in [0.2, 0.25) is 0 Å². The van der Waals surface area contributed by atoms with E-state index in [1.54, 1.807) is 42.7 Å². The maximum absolute atomic E-state index is 12.7. The molecule has 0 saturated heterocycles. The zero-order valence-corrected chi connectivity index (χ0v) is 13.3. The Bertz CT molecular complexity index is 858. The van der Waals surface area contributed by atoms with E-state index in [0.29, 0.717) is 5.69 Å². The summed E-state index contributed by atoms with van der Waals surface area (Å²) in [6, 6.07) is 10.4. The smallest absolute Gasteiger partial charge is 0.419 e. The lowest BCUT2D eigenvalue weighted by Gasteiger charge is -2.21. The lowest BCUT2D eigenvalue weighted by atomic mass is 10.1. The number of aromatic nitrogens is 2. The normalized spacial score (nSPS) is 11.6. The second-order valence-electron chi connectivity index (χ2n) is 6.33. The molecule has 1 aromatic carbocycles. The highest BCUT2D eigenvalue weighted by atomic mass is 16.6. The van der Waals surface area contributed by atoms with Gasteiger partial charge in [-0.2, -0.15) is 0 Å². The number of hydrogen-bond donors (Lipinski definition) is 1. The molecule has 3 aromatic rings. The summed E-state index contributed by atoms with van der Waals surface area (Å²) in [4.78, 5) is 16.8. The third kappa shape index (κ3) is 3.04. The molecule has 0 spiro atoms. The number of fused-ring (bicyclic) bond motifs is 1. The van der Waals surface area contributed by atoms with Gasteiger partial charge in [0.15, 0.2) is 0 Å². The molecule has 0 amide bonds. The number of phenols is 1. The molecule has 0 atom stereocenters. The molecule has 0 saturated carbocycles. The van der Waals surface area contributed by atoms with E-state index >= 15 is 0 Å². The highest BCUT2D eigenvalue weighted by Gasteiger charge is 2.22. The van der Waals surface area contributed by atoms with Crippen LogP contribution in [-0.4, -0.2) is 26.4 Å². The van der Waals surface area contributed by atoms with Crippen molar-refractivity contribution in [2.75, 3.05) is 0 Å². The molecule has 0 radical (unpaired) electrons. The first-order chi connectivity index (χ1) is 10.8. The summed E-state index contributed by atoms with van der Waals surface area (Å²) >= 11 is 0. The number of nitrogens with zero attached hydrogens (tertiary/aromatic N) is 2. The number of phenolic OH excluding ortho intramolecular Hbond substituents is 1. The van der Waals surface area contributed by atoms with Crippen molar-refractivity contribution >= 4 is 17.0 Å². The molecule has 0 aliphatic carbocycles. The van der Waals surface area contributed by atoms with E-state index in [-0.39, 0.29) is 5.75 Å². The second-order valence-corrected chi connectivity index (χ2v) is 6.33. The molecule has 5 heteroatoms. The predicted molar refractivity (Wildman–Crippen MR) is 88.5 cm³/mol. The van der Waals surface area contributed by atoms with Gasteiger partial charge in [-0.15, -0.1) is 0 Å².